The standard InChI is InChI=1S/C25H32N4O4/c1-16(30)5-3-8-23(32)26-18-11-9-17(10-12-18)24-21-7-4-6-19(31)13-14-20(21)22-15-28(2)25(33)29(22)27-24/h9-12,19,21,31H,3-8,13-15H2,1-2H3,(H,26,32). The van der Waals surface area contributed by atoms with Gasteiger partial charge in [-0.3, -0.25) is 4.79 Å². The summed E-state index contributed by atoms with van der Waals surface area (Å²) >= 11 is 0. The van der Waals surface area contributed by atoms with E-state index in [0.29, 0.717) is 37.9 Å². The molecule has 8 heteroatoms. The van der Waals surface area contributed by atoms with Gasteiger partial charge in [0.25, 0.3) is 0 Å². The van der Waals surface area contributed by atoms with E-state index >= 15 is 0 Å². The van der Waals surface area contributed by atoms with Crippen molar-refractivity contribution in [3.8, 4) is 0 Å². The van der Waals surface area contributed by atoms with Gasteiger partial charge in [-0.1, -0.05) is 12.1 Å². The molecule has 3 amide bonds. The molecule has 2 N–H and O–H groups in total. The molecule has 1 aromatic carbocycles. The number of benzene rings is 1. The molecule has 0 bridgehead atoms. The first-order valence-corrected chi connectivity index (χ1v) is 11.8. The van der Waals surface area contributed by atoms with Gasteiger partial charge in [0, 0.05) is 31.5 Å². The summed E-state index contributed by atoms with van der Waals surface area (Å²) in [5, 5.41) is 19.4. The number of nitrogens with zero attached hydrogens (tertiary/aromatic N) is 3. The monoisotopic (exact) mass is 452 g/mol. The predicted molar refractivity (Wildman–Crippen MR) is 126 cm³/mol. The zero-order valence-electron chi connectivity index (χ0n) is 19.3. The zero-order valence-corrected chi connectivity index (χ0v) is 19.3. The second kappa shape index (κ2) is 9.87. The van der Waals surface area contributed by atoms with Gasteiger partial charge in [-0.2, -0.15) is 10.1 Å². The van der Waals surface area contributed by atoms with E-state index in [4.69, 9.17) is 5.10 Å². The number of aliphatic hydroxyl groups is 1. The Hall–Kier alpha value is -3.00. The number of aliphatic hydroxyl groups excluding tert-OH is 1. The number of anilines is 1. The SMILES string of the molecule is CC(=O)CCCC(=O)Nc1ccc(C2=NN3C(=O)N(C)CC3=C3CCC(O)CCCC23)cc1. The van der Waals surface area contributed by atoms with Crippen molar-refractivity contribution in [2.24, 2.45) is 11.0 Å². The Morgan fingerprint density at radius 3 is 2.64 bits per heavy atom. The molecular weight excluding hydrogens is 420 g/mol. The third-order valence-corrected chi connectivity index (χ3v) is 6.65. The van der Waals surface area contributed by atoms with Gasteiger partial charge < -0.3 is 20.1 Å². The Kier molecular flexibility index (Phi) is 6.93. The molecule has 8 nitrogen and oxygen atoms in total. The van der Waals surface area contributed by atoms with Gasteiger partial charge in [-0.25, -0.2) is 4.79 Å². The van der Waals surface area contributed by atoms with Gasteiger partial charge >= 0.3 is 6.03 Å². The van der Waals surface area contributed by atoms with Crippen LogP contribution in [-0.4, -0.2) is 58.1 Å². The molecule has 2 heterocycles. The molecule has 1 saturated heterocycles. The summed E-state index contributed by atoms with van der Waals surface area (Å²) in [7, 11) is 1.78. The quantitative estimate of drug-likeness (QED) is 0.687. The number of hydrogen-bond donors (Lipinski definition) is 2. The molecule has 1 aromatic rings. The number of urea groups is 1. The van der Waals surface area contributed by atoms with Crippen LogP contribution in [-0.2, 0) is 9.59 Å². The number of rotatable bonds is 6. The van der Waals surface area contributed by atoms with E-state index in [9.17, 15) is 19.5 Å². The van der Waals surface area contributed by atoms with Crippen LogP contribution in [0, 0.1) is 5.92 Å². The number of fused-ring (bicyclic) bond motifs is 2. The van der Waals surface area contributed by atoms with Crippen LogP contribution in [0.4, 0.5) is 10.5 Å². The number of allylic oxidation sites excluding steroid dienone is 1. The smallest absolute Gasteiger partial charge is 0.345 e. The van der Waals surface area contributed by atoms with E-state index in [1.807, 2.05) is 24.3 Å². The van der Waals surface area contributed by atoms with Gasteiger partial charge in [0.15, 0.2) is 0 Å². The highest BCUT2D eigenvalue weighted by molar-refractivity contribution is 6.06. The summed E-state index contributed by atoms with van der Waals surface area (Å²) in [5.74, 6) is 0.0941. The summed E-state index contributed by atoms with van der Waals surface area (Å²) in [5.41, 5.74) is 4.65. The molecule has 4 rings (SSSR count). The largest absolute Gasteiger partial charge is 0.393 e. The van der Waals surface area contributed by atoms with Crippen molar-refractivity contribution in [3.05, 3.63) is 41.1 Å². The fourth-order valence-electron chi connectivity index (χ4n) is 4.88. The highest BCUT2D eigenvalue weighted by Crippen LogP contribution is 2.39. The number of hydrogen-bond acceptors (Lipinski definition) is 5. The summed E-state index contributed by atoms with van der Waals surface area (Å²) in [4.78, 5) is 37.6. The Morgan fingerprint density at radius 1 is 1.15 bits per heavy atom. The maximum atomic E-state index is 12.7. The minimum atomic E-state index is -0.303. The lowest BCUT2D eigenvalue weighted by atomic mass is 9.79. The average molecular weight is 453 g/mol. The Bertz CT molecular complexity index is 998. The topological polar surface area (TPSA) is 102 Å². The molecule has 2 unspecified atom stereocenters. The first-order chi connectivity index (χ1) is 15.8. The number of ketones is 1. The van der Waals surface area contributed by atoms with Crippen LogP contribution in [0.25, 0.3) is 0 Å². The minimum absolute atomic E-state index is 0.0865. The second-order valence-electron chi connectivity index (χ2n) is 9.26. The van der Waals surface area contributed by atoms with Crippen molar-refractivity contribution in [1.82, 2.24) is 9.91 Å². The van der Waals surface area contributed by atoms with Crippen LogP contribution >= 0.6 is 0 Å². The average Bonchev–Trinajstić information content (AvgIpc) is 3.04. The number of amides is 3. The third-order valence-electron chi connectivity index (χ3n) is 6.65. The van der Waals surface area contributed by atoms with Crippen LogP contribution in [0.2, 0.25) is 0 Å². The van der Waals surface area contributed by atoms with E-state index in [1.54, 1.807) is 11.9 Å². The van der Waals surface area contributed by atoms with Crippen LogP contribution < -0.4 is 5.32 Å². The summed E-state index contributed by atoms with van der Waals surface area (Å²) in [6.07, 6.45) is 4.98. The van der Waals surface area contributed by atoms with Crippen molar-refractivity contribution >= 4 is 29.1 Å². The molecule has 0 aromatic heterocycles. The van der Waals surface area contributed by atoms with Crippen LogP contribution in [0.3, 0.4) is 0 Å². The lowest BCUT2D eigenvalue weighted by Gasteiger charge is -2.33. The second-order valence-corrected chi connectivity index (χ2v) is 9.26. The fraction of sp³-hybridized carbons (Fsp3) is 0.520. The van der Waals surface area contributed by atoms with Crippen molar-refractivity contribution < 1.29 is 19.5 Å². The molecule has 176 valence electrons. The zero-order chi connectivity index (χ0) is 23.5. The lowest BCUT2D eigenvalue weighted by molar-refractivity contribution is -0.117. The molecular formula is C25H32N4O4. The van der Waals surface area contributed by atoms with Gasteiger partial charge in [0.1, 0.15) is 5.78 Å². The number of nitrogens with one attached hydrogen (secondary N) is 1. The minimum Gasteiger partial charge on any atom is -0.393 e. The number of carbonyl (C=O) groups is 3. The van der Waals surface area contributed by atoms with E-state index in [2.05, 4.69) is 5.32 Å². The Labute approximate surface area is 194 Å². The number of carbonyl (C=O) groups excluding carboxylic acids is 3. The number of Topliss-reactive ketones (excluding diaryl/α,β-unsaturated/α-hetero) is 1. The van der Waals surface area contributed by atoms with Crippen molar-refractivity contribution in [2.75, 3.05) is 18.9 Å². The van der Waals surface area contributed by atoms with Gasteiger partial charge in [0.05, 0.1) is 24.1 Å². The van der Waals surface area contributed by atoms with Gasteiger partial charge in [-0.05, 0) is 68.7 Å². The van der Waals surface area contributed by atoms with Crippen molar-refractivity contribution in [1.29, 1.82) is 0 Å². The highest BCUT2D eigenvalue weighted by Gasteiger charge is 2.40. The van der Waals surface area contributed by atoms with Gasteiger partial charge in [0.2, 0.25) is 5.91 Å². The normalized spacial score (nSPS) is 22.9. The molecule has 33 heavy (non-hydrogen) atoms. The predicted octanol–water partition coefficient (Wildman–Crippen LogP) is 3.66. The number of hydrazone groups is 1. The van der Waals surface area contributed by atoms with Crippen LogP contribution in [0.15, 0.2) is 40.6 Å². The third kappa shape index (κ3) is 5.16. The maximum absolute atomic E-state index is 12.7. The Morgan fingerprint density at radius 2 is 1.91 bits per heavy atom. The summed E-state index contributed by atoms with van der Waals surface area (Å²) in [6, 6.07) is 7.44. The van der Waals surface area contributed by atoms with E-state index in [-0.39, 0.29) is 29.7 Å². The first kappa shape index (κ1) is 23.2. The van der Waals surface area contributed by atoms with Crippen LogP contribution in [0.5, 0.6) is 0 Å². The summed E-state index contributed by atoms with van der Waals surface area (Å²) < 4.78 is 0. The fourth-order valence-corrected chi connectivity index (χ4v) is 4.88. The van der Waals surface area contributed by atoms with Crippen molar-refractivity contribution in [2.45, 2.75) is 64.4 Å². The van der Waals surface area contributed by atoms with Crippen molar-refractivity contribution in [3.63, 3.8) is 0 Å². The maximum Gasteiger partial charge on any atom is 0.345 e. The number of likely N-dealkylation sites (N-methyl/N-ethyl adjacent to an activating group) is 1. The molecule has 3 aliphatic rings. The highest BCUT2D eigenvalue weighted by atomic mass is 16.3. The molecule has 2 atom stereocenters. The molecule has 2 fully saturated rings. The van der Waals surface area contributed by atoms with E-state index in [0.717, 1.165) is 42.7 Å². The molecule has 1 aliphatic carbocycles. The van der Waals surface area contributed by atoms with Gasteiger partial charge in [-0.15, -0.1) is 0 Å². The van der Waals surface area contributed by atoms with Crippen LogP contribution in [0.1, 0.15) is 63.9 Å². The summed E-state index contributed by atoms with van der Waals surface area (Å²) in [6.45, 7) is 2.08. The molecule has 0 spiro atoms. The molecule has 0 radical (unpaired) electrons. The molecule has 2 aliphatic heterocycles. The lowest BCUT2D eigenvalue weighted by Crippen LogP contribution is -2.34. The Balaban J connectivity index is 1.54. The van der Waals surface area contributed by atoms with E-state index in [1.165, 1.54) is 17.5 Å². The molecule has 1 saturated carbocycles. The first-order valence-electron chi connectivity index (χ1n) is 11.8. The van der Waals surface area contributed by atoms with E-state index < -0.39 is 0 Å².